The van der Waals surface area contributed by atoms with Gasteiger partial charge in [0.2, 0.25) is 0 Å². The van der Waals surface area contributed by atoms with E-state index < -0.39 is 7.53 Å². The lowest BCUT2D eigenvalue weighted by molar-refractivity contribution is 0.0640. The topological polar surface area (TPSA) is 27.7 Å². The van der Waals surface area contributed by atoms with Gasteiger partial charge in [0.15, 0.2) is 0 Å². The van der Waals surface area contributed by atoms with Crippen molar-refractivity contribution in [2.45, 2.75) is 116 Å². The number of hydrogen-bond acceptors (Lipinski definition) is 3. The Morgan fingerprint density at radius 3 is 2.14 bits per heavy atom. The predicted molar refractivity (Wildman–Crippen MR) is 148 cm³/mol. The summed E-state index contributed by atoms with van der Waals surface area (Å²) in [4.78, 5) is 0. The minimum Gasteiger partial charge on any atom is -0.362 e. The van der Waals surface area contributed by atoms with Crippen molar-refractivity contribution in [2.24, 2.45) is 0 Å². The van der Waals surface area contributed by atoms with Crippen molar-refractivity contribution in [1.82, 2.24) is 0 Å². The van der Waals surface area contributed by atoms with E-state index in [0.717, 1.165) is 38.5 Å². The Morgan fingerprint density at radius 1 is 0.862 bits per heavy atom. The van der Waals surface area contributed by atoms with E-state index in [4.69, 9.17) is 13.6 Å². The first-order chi connectivity index (χ1) is 14.1. The first kappa shape index (κ1) is 31.0. The molecule has 0 radical (unpaired) electrons. The van der Waals surface area contributed by atoms with Gasteiger partial charge in [-0.1, -0.05) is 79.2 Å². The minimum atomic E-state index is -0.510. The van der Waals surface area contributed by atoms with E-state index in [1.165, 1.54) is 44.9 Å². The summed E-state index contributed by atoms with van der Waals surface area (Å²) in [5, 5.41) is 0. The van der Waals surface area contributed by atoms with E-state index in [1.807, 2.05) is 0 Å². The lowest BCUT2D eigenvalue weighted by Crippen LogP contribution is -2.28. The van der Waals surface area contributed by atoms with Gasteiger partial charge in [-0.25, -0.2) is 0 Å². The number of unbranched alkanes of at least 4 members (excludes halogenated alkanes) is 6. The first-order valence-corrected chi connectivity index (χ1v) is 18.7. The third kappa shape index (κ3) is 19.2. The van der Waals surface area contributed by atoms with E-state index in [9.17, 15) is 0 Å². The van der Waals surface area contributed by atoms with Gasteiger partial charge in [0.1, 0.15) is 0 Å². The molecule has 3 nitrogen and oxygen atoms in total. The van der Waals surface area contributed by atoms with Crippen LogP contribution in [0.4, 0.5) is 0 Å². The van der Waals surface area contributed by atoms with E-state index in [1.54, 1.807) is 0 Å². The average Bonchev–Trinajstić information content (AvgIpc) is 2.71. The Morgan fingerprint density at radius 2 is 1.52 bits per heavy atom. The molecule has 0 aromatic heterocycles. The van der Waals surface area contributed by atoms with Gasteiger partial charge in [-0.3, -0.25) is 0 Å². The van der Waals surface area contributed by atoms with Crippen LogP contribution in [0.1, 0.15) is 97.3 Å². The summed E-state index contributed by atoms with van der Waals surface area (Å²) in [7, 11) is 10.6. The molecule has 8 unspecified atom stereocenters. The van der Waals surface area contributed by atoms with Crippen LogP contribution in [0.25, 0.3) is 0 Å². The van der Waals surface area contributed by atoms with Crippen LogP contribution in [0.15, 0.2) is 0 Å². The molecule has 0 spiro atoms. The van der Waals surface area contributed by atoms with Crippen molar-refractivity contribution in [3.05, 3.63) is 0 Å². The van der Waals surface area contributed by atoms with Crippen LogP contribution in [-0.2, 0) is 13.6 Å². The quantitative estimate of drug-likeness (QED) is 0.0976. The molecule has 0 fully saturated rings. The summed E-state index contributed by atoms with van der Waals surface area (Å²) in [5.74, 6) is 6.60. The van der Waals surface area contributed by atoms with E-state index in [-0.39, 0.29) is 12.2 Å². The molecular weight excluding hydrogens is 474 g/mol. The molecular formula is C20H44O3P6. The normalized spacial score (nSPS) is 14.9. The maximum Gasteiger partial charge on any atom is 0.0891 e. The molecule has 8 atom stereocenters. The monoisotopic (exact) mass is 518 g/mol. The van der Waals surface area contributed by atoms with Gasteiger partial charge < -0.3 is 13.6 Å². The Hall–Kier alpha value is 2.02. The molecule has 0 aliphatic heterocycles. The summed E-state index contributed by atoms with van der Waals surface area (Å²) < 4.78 is 17.5. The molecule has 0 amide bonds. The average molecular weight is 518 g/mol. The molecule has 9 heteroatoms. The standard InChI is InChI=1S/C20H44O3P6/c1-3-5-16-20(23-29(26)27)19(22-28-25)17-14-12-10-8-6-7-9-11-13-15-18(4-2)21-24/h18-20,28H,3-8,10,12-17,24-27H2,1-2H3. The molecule has 0 saturated heterocycles. The second-order valence-corrected chi connectivity index (χ2v) is 14.5. The SMILES string of the molecule is CCCCC(OP(P)P)C(CCCCCCCC#CCCC(CC)OP)OPP. The van der Waals surface area contributed by atoms with Crippen LogP contribution in [0.3, 0.4) is 0 Å². The second-order valence-electron chi connectivity index (χ2n) is 7.29. The van der Waals surface area contributed by atoms with E-state index >= 15 is 0 Å². The maximum absolute atomic E-state index is 6.18. The van der Waals surface area contributed by atoms with Crippen molar-refractivity contribution >= 4 is 52.3 Å². The maximum atomic E-state index is 6.18. The van der Waals surface area contributed by atoms with Gasteiger partial charge in [0, 0.05) is 30.8 Å². The second kappa shape index (κ2) is 23.2. The Kier molecular flexibility index (Phi) is 24.8. The lowest BCUT2D eigenvalue weighted by Gasteiger charge is -2.28. The van der Waals surface area contributed by atoms with Crippen molar-refractivity contribution in [3.8, 4) is 11.8 Å². The third-order valence-electron chi connectivity index (χ3n) is 4.89. The van der Waals surface area contributed by atoms with Crippen LogP contribution in [0.5, 0.6) is 0 Å². The highest BCUT2D eigenvalue weighted by molar-refractivity contribution is 8.41. The van der Waals surface area contributed by atoms with Gasteiger partial charge in [-0.05, 0) is 32.1 Å². The molecule has 0 aromatic rings. The van der Waals surface area contributed by atoms with Crippen LogP contribution in [-0.4, -0.2) is 18.3 Å². The van der Waals surface area contributed by atoms with Crippen molar-refractivity contribution in [2.75, 3.05) is 0 Å². The fourth-order valence-electron chi connectivity index (χ4n) is 3.14. The molecule has 0 bridgehead atoms. The highest BCUT2D eigenvalue weighted by atomic mass is 32.4. The Balaban J connectivity index is 3.95. The molecule has 0 saturated carbocycles. The highest BCUT2D eigenvalue weighted by Gasteiger charge is 2.23. The summed E-state index contributed by atoms with van der Waals surface area (Å²) in [6.07, 6.45) is 15.7. The van der Waals surface area contributed by atoms with Gasteiger partial charge in [-0.15, -0.1) is 11.8 Å². The van der Waals surface area contributed by atoms with Crippen molar-refractivity contribution in [1.29, 1.82) is 0 Å². The van der Waals surface area contributed by atoms with Crippen LogP contribution in [0, 0.1) is 11.8 Å². The zero-order chi connectivity index (χ0) is 21.7. The molecule has 0 aliphatic rings. The zero-order valence-electron chi connectivity index (χ0n) is 18.4. The van der Waals surface area contributed by atoms with E-state index in [0.29, 0.717) is 14.6 Å². The van der Waals surface area contributed by atoms with Crippen molar-refractivity contribution in [3.63, 3.8) is 0 Å². The van der Waals surface area contributed by atoms with Gasteiger partial charge in [-0.2, -0.15) is 0 Å². The van der Waals surface area contributed by atoms with E-state index in [2.05, 4.69) is 61.9 Å². The van der Waals surface area contributed by atoms with Gasteiger partial charge in [0.25, 0.3) is 0 Å². The smallest absolute Gasteiger partial charge is 0.0891 e. The Bertz CT molecular complexity index is 413. The largest absolute Gasteiger partial charge is 0.362 e. The summed E-state index contributed by atoms with van der Waals surface area (Å²) in [6, 6.07) is 0. The summed E-state index contributed by atoms with van der Waals surface area (Å²) in [5.41, 5.74) is 0. The summed E-state index contributed by atoms with van der Waals surface area (Å²) in [6.45, 7) is 4.39. The van der Waals surface area contributed by atoms with Gasteiger partial charge in [0.05, 0.1) is 25.8 Å². The molecule has 29 heavy (non-hydrogen) atoms. The third-order valence-corrected chi connectivity index (χ3v) is 7.36. The Labute approximate surface area is 193 Å². The lowest BCUT2D eigenvalue weighted by atomic mass is 10.0. The molecule has 0 heterocycles. The zero-order valence-corrected chi connectivity index (χ0v) is 24.9. The van der Waals surface area contributed by atoms with Crippen molar-refractivity contribution < 1.29 is 13.6 Å². The fraction of sp³-hybridized carbons (Fsp3) is 0.900. The minimum absolute atomic E-state index is 0.225. The van der Waals surface area contributed by atoms with Crippen LogP contribution >= 0.6 is 52.3 Å². The number of rotatable bonds is 19. The highest BCUT2D eigenvalue weighted by Crippen LogP contribution is 2.55. The number of hydrogen-bond donors (Lipinski definition) is 0. The molecule has 0 rings (SSSR count). The molecule has 0 N–H and O–H groups in total. The molecule has 0 aliphatic carbocycles. The first-order valence-electron chi connectivity index (χ1n) is 11.0. The molecule has 172 valence electrons. The predicted octanol–water partition coefficient (Wildman–Crippen LogP) is 8.41. The fourth-order valence-corrected chi connectivity index (χ4v) is 5.93. The molecule has 0 aromatic carbocycles. The van der Waals surface area contributed by atoms with Crippen LogP contribution in [0.2, 0.25) is 0 Å². The van der Waals surface area contributed by atoms with Gasteiger partial charge >= 0.3 is 0 Å². The summed E-state index contributed by atoms with van der Waals surface area (Å²) >= 11 is 0. The van der Waals surface area contributed by atoms with Crippen LogP contribution < -0.4 is 0 Å².